The van der Waals surface area contributed by atoms with E-state index in [2.05, 4.69) is 4.74 Å². The van der Waals surface area contributed by atoms with E-state index in [0.29, 0.717) is 16.3 Å². The lowest BCUT2D eigenvalue weighted by Gasteiger charge is -2.17. The number of hydrogen-bond donors (Lipinski definition) is 1. The zero-order valence-corrected chi connectivity index (χ0v) is 12.9. The van der Waals surface area contributed by atoms with Gasteiger partial charge in [0, 0.05) is 24.3 Å². The van der Waals surface area contributed by atoms with Gasteiger partial charge in [-0.3, -0.25) is 4.79 Å². The minimum Gasteiger partial charge on any atom is -0.469 e. The van der Waals surface area contributed by atoms with E-state index < -0.39 is 16.0 Å². The summed E-state index contributed by atoms with van der Waals surface area (Å²) in [5.41, 5.74) is 6.75. The van der Waals surface area contributed by atoms with Gasteiger partial charge in [0.05, 0.1) is 19.3 Å². The molecule has 0 spiro atoms. The highest BCUT2D eigenvalue weighted by molar-refractivity contribution is 7.89. The second kappa shape index (κ2) is 6.92. The standard InChI is InChI=1S/C12H17ClN2O4S/c1-15(20(17,18)6-5-12(16)19-2)8-9-7-10(14)3-4-11(9)13/h3-4,7H,5-6,8,14H2,1-2H3. The molecule has 0 aliphatic heterocycles. The summed E-state index contributed by atoms with van der Waals surface area (Å²) in [7, 11) is -0.924. The van der Waals surface area contributed by atoms with E-state index >= 15 is 0 Å². The quantitative estimate of drug-likeness (QED) is 0.629. The molecule has 112 valence electrons. The molecule has 8 heteroatoms. The maximum atomic E-state index is 12.0. The number of esters is 1. The Morgan fingerprint density at radius 2 is 2.10 bits per heavy atom. The number of nitrogens with zero attached hydrogens (tertiary/aromatic N) is 1. The molecule has 0 radical (unpaired) electrons. The fourth-order valence-electron chi connectivity index (χ4n) is 1.52. The van der Waals surface area contributed by atoms with Gasteiger partial charge in [0.25, 0.3) is 0 Å². The number of nitrogen functional groups attached to an aromatic ring is 1. The van der Waals surface area contributed by atoms with Crippen LogP contribution in [-0.4, -0.2) is 38.6 Å². The zero-order valence-electron chi connectivity index (χ0n) is 11.3. The molecule has 0 aromatic heterocycles. The Morgan fingerprint density at radius 1 is 1.45 bits per heavy atom. The van der Waals surface area contributed by atoms with Gasteiger partial charge in [0.2, 0.25) is 10.0 Å². The number of anilines is 1. The van der Waals surface area contributed by atoms with Crippen LogP contribution in [0.25, 0.3) is 0 Å². The molecule has 0 saturated carbocycles. The number of methoxy groups -OCH3 is 1. The average molecular weight is 321 g/mol. The molecule has 0 atom stereocenters. The van der Waals surface area contributed by atoms with Crippen LogP contribution in [0.15, 0.2) is 18.2 Å². The van der Waals surface area contributed by atoms with Gasteiger partial charge in [-0.1, -0.05) is 11.6 Å². The minimum atomic E-state index is -3.56. The van der Waals surface area contributed by atoms with Crippen LogP contribution < -0.4 is 5.73 Å². The Kier molecular flexibility index (Phi) is 5.79. The highest BCUT2D eigenvalue weighted by Gasteiger charge is 2.20. The fourth-order valence-corrected chi connectivity index (χ4v) is 2.77. The van der Waals surface area contributed by atoms with Crippen molar-refractivity contribution < 1.29 is 17.9 Å². The van der Waals surface area contributed by atoms with Crippen LogP contribution in [0.1, 0.15) is 12.0 Å². The number of carbonyl (C=O) groups excluding carboxylic acids is 1. The van der Waals surface area contributed by atoms with Gasteiger partial charge in [-0.25, -0.2) is 12.7 Å². The highest BCUT2D eigenvalue weighted by Crippen LogP contribution is 2.21. The van der Waals surface area contributed by atoms with Crippen molar-refractivity contribution in [2.24, 2.45) is 0 Å². The van der Waals surface area contributed by atoms with Crippen molar-refractivity contribution in [1.29, 1.82) is 0 Å². The molecule has 1 rings (SSSR count). The molecule has 0 amide bonds. The zero-order chi connectivity index (χ0) is 15.3. The Hall–Kier alpha value is -1.31. The van der Waals surface area contributed by atoms with Crippen LogP contribution in [0.2, 0.25) is 5.02 Å². The number of sulfonamides is 1. The second-order valence-electron chi connectivity index (χ2n) is 4.25. The van der Waals surface area contributed by atoms with Crippen LogP contribution in [-0.2, 0) is 26.1 Å². The first-order chi connectivity index (χ1) is 9.26. The normalized spacial score (nSPS) is 11.6. The first kappa shape index (κ1) is 16.7. The van der Waals surface area contributed by atoms with E-state index in [1.807, 2.05) is 0 Å². The molecule has 0 aliphatic rings. The first-order valence-electron chi connectivity index (χ1n) is 5.81. The molecule has 20 heavy (non-hydrogen) atoms. The summed E-state index contributed by atoms with van der Waals surface area (Å²) < 4.78 is 29.5. The number of carbonyl (C=O) groups is 1. The van der Waals surface area contributed by atoms with Crippen molar-refractivity contribution in [3.05, 3.63) is 28.8 Å². The predicted octanol–water partition coefficient (Wildman–Crippen LogP) is 1.25. The van der Waals surface area contributed by atoms with Crippen LogP contribution in [0.4, 0.5) is 5.69 Å². The lowest BCUT2D eigenvalue weighted by molar-refractivity contribution is -0.140. The molecular weight excluding hydrogens is 304 g/mol. The van der Waals surface area contributed by atoms with Gasteiger partial charge in [-0.15, -0.1) is 0 Å². The third kappa shape index (κ3) is 4.66. The molecule has 0 aliphatic carbocycles. The molecule has 0 bridgehead atoms. The lowest BCUT2D eigenvalue weighted by Crippen LogP contribution is -2.30. The van der Waals surface area contributed by atoms with Crippen LogP contribution >= 0.6 is 11.6 Å². The van der Waals surface area contributed by atoms with Gasteiger partial charge in [0.1, 0.15) is 0 Å². The van der Waals surface area contributed by atoms with Crippen LogP contribution in [0, 0.1) is 0 Å². The average Bonchev–Trinajstić information content (AvgIpc) is 2.40. The smallest absolute Gasteiger partial charge is 0.306 e. The summed E-state index contributed by atoms with van der Waals surface area (Å²) in [5.74, 6) is -0.875. The number of halogens is 1. The number of rotatable bonds is 6. The van der Waals surface area contributed by atoms with Gasteiger partial charge >= 0.3 is 5.97 Å². The topological polar surface area (TPSA) is 89.7 Å². The van der Waals surface area contributed by atoms with Crippen molar-refractivity contribution in [3.8, 4) is 0 Å². The molecule has 1 aromatic rings. The molecule has 6 nitrogen and oxygen atoms in total. The largest absolute Gasteiger partial charge is 0.469 e. The Balaban J connectivity index is 2.76. The van der Waals surface area contributed by atoms with E-state index in [9.17, 15) is 13.2 Å². The molecule has 1 aromatic carbocycles. The second-order valence-corrected chi connectivity index (χ2v) is 6.85. The summed E-state index contributed by atoms with van der Waals surface area (Å²) >= 11 is 5.99. The third-order valence-electron chi connectivity index (χ3n) is 2.73. The van der Waals surface area contributed by atoms with Gasteiger partial charge in [0.15, 0.2) is 0 Å². The molecule has 0 fully saturated rings. The Bertz CT molecular complexity index is 589. The number of benzene rings is 1. The fraction of sp³-hybridized carbons (Fsp3) is 0.417. The van der Waals surface area contributed by atoms with E-state index in [0.717, 1.165) is 4.31 Å². The summed E-state index contributed by atoms with van der Waals surface area (Å²) in [6.45, 7) is 0.0907. The van der Waals surface area contributed by atoms with Crippen LogP contribution in [0.5, 0.6) is 0 Å². The van der Waals surface area contributed by atoms with E-state index in [1.54, 1.807) is 18.2 Å². The Labute approximate surface area is 123 Å². The maximum absolute atomic E-state index is 12.0. The van der Waals surface area contributed by atoms with Crippen LogP contribution in [0.3, 0.4) is 0 Å². The highest BCUT2D eigenvalue weighted by atomic mass is 35.5. The van der Waals surface area contributed by atoms with Crippen molar-refractivity contribution in [2.75, 3.05) is 25.6 Å². The van der Waals surface area contributed by atoms with Gasteiger partial charge in [-0.2, -0.15) is 0 Å². The molecule has 0 unspecified atom stereocenters. The maximum Gasteiger partial charge on any atom is 0.306 e. The van der Waals surface area contributed by atoms with Crippen molar-refractivity contribution in [2.45, 2.75) is 13.0 Å². The summed E-state index contributed by atoms with van der Waals surface area (Å²) in [5, 5.41) is 0.439. The Morgan fingerprint density at radius 3 is 2.70 bits per heavy atom. The van der Waals surface area contributed by atoms with Crippen molar-refractivity contribution in [3.63, 3.8) is 0 Å². The van der Waals surface area contributed by atoms with E-state index in [-0.39, 0.29) is 18.7 Å². The van der Waals surface area contributed by atoms with E-state index in [4.69, 9.17) is 17.3 Å². The monoisotopic (exact) mass is 320 g/mol. The molecule has 2 N–H and O–H groups in total. The number of nitrogens with two attached hydrogens (primary N) is 1. The van der Waals surface area contributed by atoms with E-state index in [1.165, 1.54) is 14.2 Å². The third-order valence-corrected chi connectivity index (χ3v) is 4.90. The predicted molar refractivity (Wildman–Crippen MR) is 77.8 cm³/mol. The lowest BCUT2D eigenvalue weighted by atomic mass is 10.2. The van der Waals surface area contributed by atoms with Gasteiger partial charge < -0.3 is 10.5 Å². The van der Waals surface area contributed by atoms with Gasteiger partial charge in [-0.05, 0) is 23.8 Å². The minimum absolute atomic E-state index is 0.0907. The first-order valence-corrected chi connectivity index (χ1v) is 7.79. The van der Waals surface area contributed by atoms with Crippen molar-refractivity contribution >= 4 is 33.3 Å². The summed E-state index contributed by atoms with van der Waals surface area (Å²) in [4.78, 5) is 11.0. The van der Waals surface area contributed by atoms with Crippen molar-refractivity contribution in [1.82, 2.24) is 4.31 Å². The molecule has 0 saturated heterocycles. The summed E-state index contributed by atoms with van der Waals surface area (Å²) in [6, 6.07) is 4.87. The number of hydrogen-bond acceptors (Lipinski definition) is 5. The SMILES string of the molecule is COC(=O)CCS(=O)(=O)N(C)Cc1cc(N)ccc1Cl. The number of ether oxygens (including phenoxy) is 1. The molecular formula is C12H17ClN2O4S. The molecule has 0 heterocycles. The summed E-state index contributed by atoms with van der Waals surface area (Å²) in [6.07, 6.45) is -0.187.